The summed E-state index contributed by atoms with van der Waals surface area (Å²) >= 11 is 6.00. The first-order valence-electron chi connectivity index (χ1n) is 16.4. The number of aromatic amines is 1. The summed E-state index contributed by atoms with van der Waals surface area (Å²) < 4.78 is 35.5. The summed E-state index contributed by atoms with van der Waals surface area (Å²) in [5, 5.41) is 16.9. The molecule has 1 aliphatic carbocycles. The molecule has 2 aromatic carbocycles. The molecule has 3 aliphatic heterocycles. The van der Waals surface area contributed by atoms with Gasteiger partial charge >= 0.3 is 0 Å². The van der Waals surface area contributed by atoms with Crippen LogP contribution in [-0.2, 0) is 23.6 Å². The molecule has 5 aromatic rings. The average Bonchev–Trinajstić information content (AvgIpc) is 3.50. The number of likely N-dealkylation sites (tertiary alicyclic amines) is 1. The number of imidazole rings is 1. The molecular weight excluding hydrogens is 623 g/mol. The summed E-state index contributed by atoms with van der Waals surface area (Å²) in [6.07, 6.45) is 5.35. The Morgan fingerprint density at radius 3 is 2.62 bits per heavy atom. The van der Waals surface area contributed by atoms with Crippen molar-refractivity contribution in [2.45, 2.75) is 75.8 Å². The summed E-state index contributed by atoms with van der Waals surface area (Å²) in [6.45, 7) is 5.70. The highest BCUT2D eigenvalue weighted by molar-refractivity contribution is 6.30. The summed E-state index contributed by atoms with van der Waals surface area (Å²) in [5.74, 6) is 2.77. The molecule has 3 aromatic heterocycles. The second-order valence-electron chi connectivity index (χ2n) is 13.2. The zero-order chi connectivity index (χ0) is 31.7. The van der Waals surface area contributed by atoms with E-state index in [-0.39, 0.29) is 12.0 Å². The monoisotopic (exact) mass is 656 g/mol. The highest BCUT2D eigenvalue weighted by Crippen LogP contribution is 2.50. The first kappa shape index (κ1) is 29.0. The smallest absolute Gasteiger partial charge is 0.278 e. The highest BCUT2D eigenvalue weighted by atomic mass is 35.5. The van der Waals surface area contributed by atoms with Crippen molar-refractivity contribution in [3.63, 3.8) is 0 Å². The van der Waals surface area contributed by atoms with E-state index in [1.165, 1.54) is 6.07 Å². The van der Waals surface area contributed by atoms with Crippen LogP contribution in [-0.4, -0.2) is 65.6 Å². The topological polar surface area (TPSA) is 116 Å². The summed E-state index contributed by atoms with van der Waals surface area (Å²) in [7, 11) is 0. The Hall–Kier alpha value is -4.13. The number of hydrogen-bond acceptors (Lipinski definition) is 9. The van der Waals surface area contributed by atoms with Crippen molar-refractivity contribution in [1.29, 1.82) is 0 Å². The Balaban J connectivity index is 0.926. The largest absolute Gasteiger partial charge is 0.444 e. The maximum Gasteiger partial charge on any atom is 0.278 e. The van der Waals surface area contributed by atoms with Crippen molar-refractivity contribution in [1.82, 2.24) is 39.8 Å². The van der Waals surface area contributed by atoms with E-state index >= 15 is 0 Å². The van der Waals surface area contributed by atoms with E-state index in [1.54, 1.807) is 19.1 Å². The maximum atomic E-state index is 14.9. The number of piperidine rings is 1. The molecule has 0 spiro atoms. The minimum Gasteiger partial charge on any atom is -0.444 e. The number of rotatable bonds is 8. The normalized spacial score (nSPS) is 23.0. The van der Waals surface area contributed by atoms with Crippen molar-refractivity contribution in [2.75, 3.05) is 19.7 Å². The van der Waals surface area contributed by atoms with Crippen LogP contribution in [0.15, 0.2) is 42.5 Å². The van der Waals surface area contributed by atoms with Crippen LogP contribution < -0.4 is 9.47 Å². The molecule has 13 heteroatoms. The summed E-state index contributed by atoms with van der Waals surface area (Å²) in [5.41, 5.74) is 3.57. The van der Waals surface area contributed by atoms with Gasteiger partial charge in [0.2, 0.25) is 5.82 Å². The molecule has 1 saturated carbocycles. The van der Waals surface area contributed by atoms with Gasteiger partial charge in [-0.3, -0.25) is 10.00 Å². The lowest BCUT2D eigenvalue weighted by Gasteiger charge is -2.33. The van der Waals surface area contributed by atoms with Gasteiger partial charge in [0.1, 0.15) is 28.7 Å². The lowest BCUT2D eigenvalue weighted by atomic mass is 9.88. The molecule has 2 atom stereocenters. The number of benzene rings is 2. The van der Waals surface area contributed by atoms with Gasteiger partial charge in [0, 0.05) is 30.0 Å². The Labute approximate surface area is 275 Å². The number of aromatic nitrogens is 7. The number of hydrogen-bond donors (Lipinski definition) is 1. The van der Waals surface area contributed by atoms with Crippen molar-refractivity contribution in [2.24, 2.45) is 0 Å². The molecule has 1 N–H and O–H groups in total. The molecule has 11 nitrogen and oxygen atoms in total. The van der Waals surface area contributed by atoms with E-state index in [0.29, 0.717) is 52.6 Å². The van der Waals surface area contributed by atoms with Crippen LogP contribution in [0, 0.1) is 5.82 Å². The first-order chi connectivity index (χ1) is 22.9. The molecule has 3 fully saturated rings. The zero-order valence-electron chi connectivity index (χ0n) is 26.0. The van der Waals surface area contributed by atoms with E-state index in [0.717, 1.165) is 80.2 Å². The van der Waals surface area contributed by atoms with E-state index in [1.807, 2.05) is 18.2 Å². The van der Waals surface area contributed by atoms with Gasteiger partial charge in [0.25, 0.3) is 5.79 Å². The molecule has 242 valence electrons. The Morgan fingerprint density at radius 1 is 1.00 bits per heavy atom. The third-order valence-electron chi connectivity index (χ3n) is 9.87. The van der Waals surface area contributed by atoms with E-state index in [2.05, 4.69) is 40.9 Å². The fourth-order valence-electron chi connectivity index (χ4n) is 6.99. The highest BCUT2D eigenvalue weighted by Gasteiger charge is 2.43. The first-order valence-corrected chi connectivity index (χ1v) is 16.7. The van der Waals surface area contributed by atoms with Gasteiger partial charge in [-0.05, 0) is 81.4 Å². The molecule has 0 amide bonds. The molecule has 2 unspecified atom stereocenters. The molecular formula is C34H34ClFN8O3. The van der Waals surface area contributed by atoms with Crippen molar-refractivity contribution >= 4 is 22.8 Å². The van der Waals surface area contributed by atoms with Gasteiger partial charge in [-0.15, -0.1) is 10.2 Å². The maximum absolute atomic E-state index is 14.9. The van der Waals surface area contributed by atoms with E-state index in [9.17, 15) is 4.39 Å². The number of halogens is 2. The number of fused-ring (bicyclic) bond motifs is 2. The number of nitrogens with one attached hydrogen (secondary N) is 1. The van der Waals surface area contributed by atoms with Gasteiger partial charge < -0.3 is 18.8 Å². The second kappa shape index (κ2) is 11.2. The van der Waals surface area contributed by atoms with Crippen LogP contribution in [0.4, 0.5) is 4.39 Å². The molecule has 4 aliphatic rings. The number of ether oxygens (including phenoxy) is 3. The van der Waals surface area contributed by atoms with E-state index < -0.39 is 11.6 Å². The van der Waals surface area contributed by atoms with Crippen LogP contribution in [0.1, 0.15) is 73.6 Å². The second-order valence-corrected chi connectivity index (χ2v) is 13.6. The molecule has 6 heterocycles. The standard InChI is InChI=1S/C34H34ClFN8O3/c1-34(24-8-7-21(35)15-25(24)36)46-28-4-2-3-23(30(28)47-34)19-9-12-43(13-10-19)18-29-37-27-16-26(32-38-31(40-41-32)20-5-6-20)39-42-33(27)44(29)17-22-11-14-45-22/h2-4,7-8,15-16,19-20,22H,5-6,9-14,17-18H2,1H3,(H,38,40,41). The number of H-pyrrole nitrogens is 1. The molecule has 9 rings (SSSR count). The fourth-order valence-corrected chi connectivity index (χ4v) is 7.15. The van der Waals surface area contributed by atoms with Crippen LogP contribution in [0.3, 0.4) is 0 Å². The predicted octanol–water partition coefficient (Wildman–Crippen LogP) is 6.09. The summed E-state index contributed by atoms with van der Waals surface area (Å²) in [6, 6.07) is 12.5. The van der Waals surface area contributed by atoms with Gasteiger partial charge in [0.05, 0.1) is 24.8 Å². The predicted molar refractivity (Wildman–Crippen MR) is 171 cm³/mol. The van der Waals surface area contributed by atoms with Gasteiger partial charge in [-0.2, -0.15) is 5.10 Å². The third-order valence-corrected chi connectivity index (χ3v) is 10.1. The lowest BCUT2D eigenvalue weighted by molar-refractivity contribution is -0.0712. The van der Waals surface area contributed by atoms with Gasteiger partial charge in [-0.25, -0.2) is 14.4 Å². The lowest BCUT2D eigenvalue weighted by Crippen LogP contribution is -2.35. The minimum atomic E-state index is -1.27. The minimum absolute atomic E-state index is 0.155. The Morgan fingerprint density at radius 2 is 1.85 bits per heavy atom. The van der Waals surface area contributed by atoms with Crippen molar-refractivity contribution in [3.8, 4) is 23.0 Å². The molecule has 47 heavy (non-hydrogen) atoms. The fraction of sp³-hybridized carbons (Fsp3) is 0.441. The van der Waals surface area contributed by atoms with Crippen LogP contribution in [0.2, 0.25) is 5.02 Å². The summed E-state index contributed by atoms with van der Waals surface area (Å²) in [4.78, 5) is 12.2. The van der Waals surface area contributed by atoms with Crippen LogP contribution in [0.5, 0.6) is 11.5 Å². The SMILES string of the molecule is CC1(c2ccc(Cl)cc2F)Oc2cccc(C3CCN(Cc4nc5cc(-c6n[nH]c(C7CC7)n6)nnc5n4CC4CCO4)CC3)c2O1. The zero-order valence-corrected chi connectivity index (χ0v) is 26.7. The van der Waals surface area contributed by atoms with Crippen LogP contribution >= 0.6 is 11.6 Å². The molecule has 2 saturated heterocycles. The average molecular weight is 657 g/mol. The van der Waals surface area contributed by atoms with Gasteiger partial charge in [0.15, 0.2) is 17.1 Å². The number of nitrogens with zero attached hydrogens (tertiary/aromatic N) is 7. The van der Waals surface area contributed by atoms with Crippen molar-refractivity contribution < 1.29 is 18.6 Å². The van der Waals surface area contributed by atoms with Crippen molar-refractivity contribution in [3.05, 3.63) is 76.1 Å². The number of para-hydroxylation sites is 1. The molecule has 0 radical (unpaired) electrons. The van der Waals surface area contributed by atoms with Crippen LogP contribution in [0.25, 0.3) is 22.7 Å². The quantitative estimate of drug-likeness (QED) is 0.212. The van der Waals surface area contributed by atoms with Gasteiger partial charge in [-0.1, -0.05) is 23.7 Å². The van der Waals surface area contributed by atoms with E-state index in [4.69, 9.17) is 30.8 Å². The Bertz CT molecular complexity index is 1980. The molecule has 0 bridgehead atoms. The Kier molecular flexibility index (Phi) is 6.95. The third kappa shape index (κ3) is 5.32.